The highest BCUT2D eigenvalue weighted by Gasteiger charge is 2.25. The van der Waals surface area contributed by atoms with Gasteiger partial charge in [0.1, 0.15) is 11.8 Å². The van der Waals surface area contributed by atoms with Crippen molar-refractivity contribution >= 4 is 43.0 Å². The molecule has 1 aliphatic heterocycles. The number of amides is 1. The molecule has 0 bridgehead atoms. The van der Waals surface area contributed by atoms with Crippen LogP contribution in [0.3, 0.4) is 0 Å². The van der Waals surface area contributed by atoms with Gasteiger partial charge in [0, 0.05) is 44.5 Å². The number of carbonyl (C=O) groups excluding carboxylic acids is 1. The number of piperazine rings is 1. The predicted molar refractivity (Wildman–Crippen MR) is 114 cm³/mol. The Morgan fingerprint density at radius 1 is 1.17 bits per heavy atom. The van der Waals surface area contributed by atoms with E-state index in [1.165, 1.54) is 11.3 Å². The van der Waals surface area contributed by atoms with Crippen molar-refractivity contribution in [1.82, 2.24) is 14.9 Å². The van der Waals surface area contributed by atoms with Crippen LogP contribution >= 0.6 is 11.3 Å². The minimum Gasteiger partial charge on any atom is -0.368 e. The Kier molecular flexibility index (Phi) is 5.65. The summed E-state index contributed by atoms with van der Waals surface area (Å²) in [5.74, 6) is -0.388. The van der Waals surface area contributed by atoms with E-state index in [2.05, 4.69) is 14.9 Å². The smallest absolute Gasteiger partial charge is 0.223 e. The molecule has 2 aromatic heterocycles. The number of rotatable bonds is 5. The lowest BCUT2D eigenvalue weighted by Gasteiger charge is -2.36. The van der Waals surface area contributed by atoms with Gasteiger partial charge in [-0.15, -0.1) is 11.3 Å². The molecule has 0 atom stereocenters. The second-order valence-corrected chi connectivity index (χ2v) is 9.84. The van der Waals surface area contributed by atoms with Crippen LogP contribution in [0.2, 0.25) is 0 Å². The first-order chi connectivity index (χ1) is 14.5. The fraction of sp³-hybridized carbons (Fsp3) is 0.300. The molecular formula is C20H19N5O3S2. The lowest BCUT2D eigenvalue weighted by atomic mass is 10.2. The maximum atomic E-state index is 12.8. The van der Waals surface area contributed by atoms with Gasteiger partial charge in [-0.25, -0.2) is 18.4 Å². The number of pyridine rings is 1. The fourth-order valence-electron chi connectivity index (χ4n) is 3.49. The molecule has 10 heteroatoms. The largest absolute Gasteiger partial charge is 0.368 e. The predicted octanol–water partition coefficient (Wildman–Crippen LogP) is 2.08. The van der Waals surface area contributed by atoms with Crippen LogP contribution in [0.25, 0.3) is 10.2 Å². The van der Waals surface area contributed by atoms with E-state index in [1.54, 1.807) is 40.9 Å². The molecule has 0 N–H and O–H groups in total. The number of thiazole rings is 1. The molecule has 0 radical (unpaired) electrons. The van der Waals surface area contributed by atoms with E-state index in [-0.39, 0.29) is 23.0 Å². The zero-order valence-corrected chi connectivity index (χ0v) is 17.7. The standard InChI is InChI=1S/C20H19N5O3S2/c21-13-15-12-16(4-6-22-15)24-7-9-25(10-8-24)19(26)5-11-30(27,28)18-3-1-2-17-20(18)29-14-23-17/h1-4,6,12,14H,5,7-11H2. The monoisotopic (exact) mass is 441 g/mol. The van der Waals surface area contributed by atoms with Crippen LogP contribution in [0.1, 0.15) is 12.1 Å². The quantitative estimate of drug-likeness (QED) is 0.596. The van der Waals surface area contributed by atoms with Gasteiger partial charge in [0.25, 0.3) is 0 Å². The van der Waals surface area contributed by atoms with Gasteiger partial charge in [-0.2, -0.15) is 5.26 Å². The van der Waals surface area contributed by atoms with Gasteiger partial charge in [0.2, 0.25) is 5.91 Å². The van der Waals surface area contributed by atoms with Crippen LogP contribution in [0, 0.1) is 11.3 Å². The summed E-state index contributed by atoms with van der Waals surface area (Å²) < 4.78 is 26.2. The van der Waals surface area contributed by atoms with Gasteiger partial charge in [-0.3, -0.25) is 4.79 Å². The SMILES string of the molecule is N#Cc1cc(N2CCN(C(=O)CCS(=O)(=O)c3cccc4ncsc34)CC2)ccn1. The summed E-state index contributed by atoms with van der Waals surface area (Å²) in [5, 5.41) is 8.99. The van der Waals surface area contributed by atoms with Crippen LogP contribution in [0.5, 0.6) is 0 Å². The molecule has 0 spiro atoms. The van der Waals surface area contributed by atoms with Gasteiger partial charge in [0.05, 0.1) is 26.4 Å². The van der Waals surface area contributed by atoms with Gasteiger partial charge in [0.15, 0.2) is 9.84 Å². The number of aromatic nitrogens is 2. The average molecular weight is 442 g/mol. The number of anilines is 1. The summed E-state index contributed by atoms with van der Waals surface area (Å²) in [6.07, 6.45) is 1.55. The van der Waals surface area contributed by atoms with E-state index in [0.717, 1.165) is 5.69 Å². The van der Waals surface area contributed by atoms with E-state index >= 15 is 0 Å². The number of nitriles is 1. The summed E-state index contributed by atoms with van der Waals surface area (Å²) >= 11 is 1.29. The summed E-state index contributed by atoms with van der Waals surface area (Å²) in [6.45, 7) is 2.25. The minimum absolute atomic E-state index is 0.0502. The highest BCUT2D eigenvalue weighted by atomic mass is 32.2. The van der Waals surface area contributed by atoms with Crippen LogP contribution < -0.4 is 4.90 Å². The molecule has 0 unspecified atom stereocenters. The third-order valence-corrected chi connectivity index (χ3v) is 7.85. The molecule has 30 heavy (non-hydrogen) atoms. The Balaban J connectivity index is 1.36. The molecule has 3 heterocycles. The van der Waals surface area contributed by atoms with Crippen LogP contribution in [0.4, 0.5) is 5.69 Å². The van der Waals surface area contributed by atoms with Crippen molar-refractivity contribution in [1.29, 1.82) is 5.26 Å². The number of carbonyl (C=O) groups is 1. The number of benzene rings is 1. The van der Waals surface area contributed by atoms with Gasteiger partial charge in [-0.05, 0) is 24.3 Å². The number of hydrogen-bond acceptors (Lipinski definition) is 8. The number of sulfone groups is 1. The Bertz CT molecular complexity index is 1220. The molecule has 0 saturated carbocycles. The van der Waals surface area contributed by atoms with Crippen molar-refractivity contribution in [2.75, 3.05) is 36.8 Å². The molecule has 0 aliphatic carbocycles. The molecule has 154 valence electrons. The summed E-state index contributed by atoms with van der Waals surface area (Å²) in [7, 11) is -3.58. The maximum Gasteiger partial charge on any atom is 0.223 e. The molecule has 1 aliphatic rings. The van der Waals surface area contributed by atoms with Crippen molar-refractivity contribution in [3.05, 3.63) is 47.7 Å². The molecular weight excluding hydrogens is 422 g/mol. The van der Waals surface area contributed by atoms with E-state index in [4.69, 9.17) is 5.26 Å². The Morgan fingerprint density at radius 2 is 1.97 bits per heavy atom. The molecule has 1 fully saturated rings. The summed E-state index contributed by atoms with van der Waals surface area (Å²) in [4.78, 5) is 24.8. The Morgan fingerprint density at radius 3 is 2.73 bits per heavy atom. The number of nitrogens with zero attached hydrogens (tertiary/aromatic N) is 5. The summed E-state index contributed by atoms with van der Waals surface area (Å²) in [5.41, 5.74) is 3.52. The highest BCUT2D eigenvalue weighted by molar-refractivity contribution is 7.91. The van der Waals surface area contributed by atoms with E-state index in [9.17, 15) is 13.2 Å². The Labute approximate surface area is 178 Å². The highest BCUT2D eigenvalue weighted by Crippen LogP contribution is 2.27. The normalized spacial score (nSPS) is 14.6. The van der Waals surface area contributed by atoms with Crippen LogP contribution in [0.15, 0.2) is 46.9 Å². The maximum absolute atomic E-state index is 12.8. The van der Waals surface area contributed by atoms with E-state index < -0.39 is 9.84 Å². The minimum atomic E-state index is -3.58. The molecule has 1 amide bonds. The zero-order chi connectivity index (χ0) is 21.1. The number of hydrogen-bond donors (Lipinski definition) is 0. The van der Waals surface area contributed by atoms with Crippen molar-refractivity contribution in [2.24, 2.45) is 0 Å². The van der Waals surface area contributed by atoms with Crippen LogP contribution in [-0.2, 0) is 14.6 Å². The van der Waals surface area contributed by atoms with Crippen molar-refractivity contribution in [3.8, 4) is 6.07 Å². The van der Waals surface area contributed by atoms with Crippen molar-refractivity contribution in [3.63, 3.8) is 0 Å². The van der Waals surface area contributed by atoms with Gasteiger partial charge < -0.3 is 9.80 Å². The topological polar surface area (TPSA) is 107 Å². The van der Waals surface area contributed by atoms with Crippen LogP contribution in [-0.4, -0.2) is 61.1 Å². The second kappa shape index (κ2) is 8.38. The first kappa shape index (κ1) is 20.3. The van der Waals surface area contributed by atoms with Crippen molar-refractivity contribution in [2.45, 2.75) is 11.3 Å². The fourth-order valence-corrected chi connectivity index (χ4v) is 6.04. The van der Waals surface area contributed by atoms with Gasteiger partial charge in [-0.1, -0.05) is 6.07 Å². The van der Waals surface area contributed by atoms with E-state index in [1.807, 2.05) is 12.1 Å². The van der Waals surface area contributed by atoms with E-state index in [0.29, 0.717) is 42.1 Å². The first-order valence-electron chi connectivity index (χ1n) is 9.42. The summed E-state index contributed by atoms with van der Waals surface area (Å²) in [6, 6.07) is 10.6. The molecule has 1 saturated heterocycles. The van der Waals surface area contributed by atoms with Crippen molar-refractivity contribution < 1.29 is 13.2 Å². The Hall–Kier alpha value is -3.03. The molecule has 1 aromatic carbocycles. The molecule has 3 aromatic rings. The lowest BCUT2D eigenvalue weighted by Crippen LogP contribution is -2.49. The lowest BCUT2D eigenvalue weighted by molar-refractivity contribution is -0.131. The first-order valence-corrected chi connectivity index (χ1v) is 11.9. The third-order valence-electron chi connectivity index (χ3n) is 5.10. The number of fused-ring (bicyclic) bond motifs is 1. The zero-order valence-electron chi connectivity index (χ0n) is 16.1. The third kappa shape index (κ3) is 4.13. The van der Waals surface area contributed by atoms with Gasteiger partial charge >= 0.3 is 0 Å². The average Bonchev–Trinajstić information content (AvgIpc) is 3.26. The molecule has 4 rings (SSSR count). The second-order valence-electron chi connectivity index (χ2n) is 6.90. The molecule has 8 nitrogen and oxygen atoms in total.